The van der Waals surface area contributed by atoms with Crippen molar-refractivity contribution in [3.05, 3.63) is 70.0 Å². The Labute approximate surface area is 163 Å². The Hall–Kier alpha value is -2.92. The summed E-state index contributed by atoms with van der Waals surface area (Å²) in [5.74, 6) is 1.30. The van der Waals surface area contributed by atoms with Crippen molar-refractivity contribution in [2.24, 2.45) is 0 Å². The molecule has 27 heavy (non-hydrogen) atoms. The predicted octanol–water partition coefficient (Wildman–Crippen LogP) is 5.45. The maximum Gasteiger partial charge on any atom is 0.197 e. The fourth-order valence-electron chi connectivity index (χ4n) is 3.17. The van der Waals surface area contributed by atoms with Crippen LogP contribution in [0.5, 0.6) is 0 Å². The van der Waals surface area contributed by atoms with E-state index in [0.29, 0.717) is 16.7 Å². The first-order valence-electron chi connectivity index (χ1n) is 8.76. The van der Waals surface area contributed by atoms with E-state index in [1.54, 1.807) is 0 Å². The summed E-state index contributed by atoms with van der Waals surface area (Å²) in [6, 6.07) is 13.8. The highest BCUT2D eigenvalue weighted by Crippen LogP contribution is 2.28. The molecule has 4 rings (SSSR count). The van der Waals surface area contributed by atoms with Gasteiger partial charge in [-0.1, -0.05) is 29.3 Å². The van der Waals surface area contributed by atoms with Crippen LogP contribution < -0.4 is 5.32 Å². The van der Waals surface area contributed by atoms with Gasteiger partial charge in [-0.2, -0.15) is 5.10 Å². The number of anilines is 2. The minimum atomic E-state index is 0.631. The molecule has 0 fully saturated rings. The third kappa shape index (κ3) is 3.38. The Morgan fingerprint density at radius 1 is 0.889 bits per heavy atom. The van der Waals surface area contributed by atoms with Gasteiger partial charge in [0.15, 0.2) is 11.6 Å². The second kappa shape index (κ2) is 6.67. The number of hydrogen-bond acceptors (Lipinski definition) is 4. The summed E-state index contributed by atoms with van der Waals surface area (Å²) in [4.78, 5) is 9.62. The fraction of sp³-hybridized carbons (Fsp3) is 0.190. The van der Waals surface area contributed by atoms with E-state index < -0.39 is 0 Å². The van der Waals surface area contributed by atoms with Crippen LogP contribution in [-0.2, 0) is 0 Å². The van der Waals surface area contributed by atoms with Crippen molar-refractivity contribution in [1.82, 2.24) is 19.7 Å². The molecule has 0 unspecified atom stereocenters. The maximum absolute atomic E-state index is 6.15. The predicted molar refractivity (Wildman–Crippen MR) is 110 cm³/mol. The first kappa shape index (κ1) is 17.5. The smallest absolute Gasteiger partial charge is 0.197 e. The van der Waals surface area contributed by atoms with Gasteiger partial charge < -0.3 is 5.32 Å². The van der Waals surface area contributed by atoms with E-state index in [-0.39, 0.29) is 0 Å². The normalized spacial score (nSPS) is 11.1. The van der Waals surface area contributed by atoms with E-state index in [0.717, 1.165) is 33.7 Å². The molecule has 2 aromatic carbocycles. The van der Waals surface area contributed by atoms with Crippen LogP contribution in [0.1, 0.15) is 22.5 Å². The van der Waals surface area contributed by atoms with Crippen LogP contribution in [0.4, 0.5) is 11.5 Å². The SMILES string of the molecule is Cc1ccc(Nc2nc3ccc(Cl)cc3nc2-n2nc(C)cc2C)c(C)c1. The molecule has 0 aliphatic carbocycles. The molecule has 4 aromatic rings. The average molecular weight is 378 g/mol. The van der Waals surface area contributed by atoms with E-state index >= 15 is 0 Å². The molecule has 136 valence electrons. The molecule has 0 spiro atoms. The van der Waals surface area contributed by atoms with Gasteiger partial charge >= 0.3 is 0 Å². The van der Waals surface area contributed by atoms with Crippen LogP contribution in [0, 0.1) is 27.7 Å². The van der Waals surface area contributed by atoms with Gasteiger partial charge in [0, 0.05) is 16.4 Å². The van der Waals surface area contributed by atoms with E-state index in [2.05, 4.69) is 42.5 Å². The first-order chi connectivity index (χ1) is 12.9. The summed E-state index contributed by atoms with van der Waals surface area (Å²) in [5.41, 5.74) is 6.78. The molecule has 0 bridgehead atoms. The molecule has 0 atom stereocenters. The van der Waals surface area contributed by atoms with Crippen LogP contribution in [-0.4, -0.2) is 19.7 Å². The molecular formula is C21H20ClN5. The number of fused-ring (bicyclic) bond motifs is 1. The minimum Gasteiger partial charge on any atom is -0.337 e. The number of rotatable bonds is 3. The quantitative estimate of drug-likeness (QED) is 0.516. The molecule has 0 radical (unpaired) electrons. The van der Waals surface area contributed by atoms with Gasteiger partial charge in [-0.15, -0.1) is 0 Å². The van der Waals surface area contributed by atoms with Gasteiger partial charge in [-0.05, 0) is 63.6 Å². The van der Waals surface area contributed by atoms with E-state index in [1.165, 1.54) is 5.56 Å². The van der Waals surface area contributed by atoms with Crippen molar-refractivity contribution in [1.29, 1.82) is 0 Å². The Bertz CT molecular complexity index is 1160. The fourth-order valence-corrected chi connectivity index (χ4v) is 3.34. The van der Waals surface area contributed by atoms with Gasteiger partial charge in [-0.3, -0.25) is 0 Å². The first-order valence-corrected chi connectivity index (χ1v) is 9.14. The lowest BCUT2D eigenvalue weighted by Crippen LogP contribution is -2.09. The molecule has 0 amide bonds. The third-order valence-electron chi connectivity index (χ3n) is 4.45. The topological polar surface area (TPSA) is 55.6 Å². The molecule has 0 aliphatic rings. The summed E-state index contributed by atoms with van der Waals surface area (Å²) >= 11 is 6.15. The van der Waals surface area contributed by atoms with E-state index in [9.17, 15) is 0 Å². The zero-order chi connectivity index (χ0) is 19.1. The molecule has 0 saturated heterocycles. The lowest BCUT2D eigenvalue weighted by molar-refractivity contribution is 0.808. The van der Waals surface area contributed by atoms with Crippen LogP contribution in [0.15, 0.2) is 42.5 Å². The van der Waals surface area contributed by atoms with Crippen molar-refractivity contribution < 1.29 is 0 Å². The Kier molecular flexibility index (Phi) is 4.32. The van der Waals surface area contributed by atoms with Crippen molar-refractivity contribution in [3.8, 4) is 5.82 Å². The number of aryl methyl sites for hydroxylation is 4. The van der Waals surface area contributed by atoms with Gasteiger partial charge in [0.2, 0.25) is 0 Å². The zero-order valence-electron chi connectivity index (χ0n) is 15.7. The minimum absolute atomic E-state index is 0.631. The molecule has 5 nitrogen and oxygen atoms in total. The monoisotopic (exact) mass is 377 g/mol. The van der Waals surface area contributed by atoms with E-state index in [1.807, 2.05) is 42.8 Å². The Morgan fingerprint density at radius 3 is 2.41 bits per heavy atom. The summed E-state index contributed by atoms with van der Waals surface area (Å²) in [7, 11) is 0. The van der Waals surface area contributed by atoms with Crippen molar-refractivity contribution in [2.75, 3.05) is 5.32 Å². The molecule has 0 saturated carbocycles. The Morgan fingerprint density at radius 2 is 1.70 bits per heavy atom. The molecule has 0 aliphatic heterocycles. The lowest BCUT2D eigenvalue weighted by Gasteiger charge is -2.15. The highest BCUT2D eigenvalue weighted by Gasteiger charge is 2.15. The second-order valence-corrected chi connectivity index (χ2v) is 7.25. The lowest BCUT2D eigenvalue weighted by atomic mass is 10.1. The highest BCUT2D eigenvalue weighted by atomic mass is 35.5. The standard InChI is InChI=1S/C21H20ClN5/c1-12-5-7-17(13(2)9-12)23-20-21(27-15(4)10-14(3)26-27)25-19-11-16(22)6-8-18(19)24-20/h5-11H,1-4H3,(H,23,24). The Balaban J connectivity index is 1.92. The largest absolute Gasteiger partial charge is 0.337 e. The molecular weight excluding hydrogens is 358 g/mol. The van der Waals surface area contributed by atoms with Crippen molar-refractivity contribution >= 4 is 34.1 Å². The molecule has 1 N–H and O–H groups in total. The van der Waals surface area contributed by atoms with Crippen LogP contribution >= 0.6 is 11.6 Å². The summed E-state index contributed by atoms with van der Waals surface area (Å²) in [5, 5.41) is 8.66. The van der Waals surface area contributed by atoms with Crippen LogP contribution in [0.3, 0.4) is 0 Å². The highest BCUT2D eigenvalue weighted by molar-refractivity contribution is 6.31. The average Bonchev–Trinajstić information content (AvgIpc) is 2.95. The molecule has 2 heterocycles. The number of nitrogens with zero attached hydrogens (tertiary/aromatic N) is 4. The maximum atomic E-state index is 6.15. The molecule has 6 heteroatoms. The zero-order valence-corrected chi connectivity index (χ0v) is 16.5. The summed E-state index contributed by atoms with van der Waals surface area (Å²) < 4.78 is 1.81. The number of hydrogen-bond donors (Lipinski definition) is 1. The second-order valence-electron chi connectivity index (χ2n) is 6.81. The van der Waals surface area contributed by atoms with Crippen molar-refractivity contribution in [2.45, 2.75) is 27.7 Å². The summed E-state index contributed by atoms with van der Waals surface area (Å²) in [6.45, 7) is 8.13. The molecule has 2 aromatic heterocycles. The van der Waals surface area contributed by atoms with Crippen molar-refractivity contribution in [3.63, 3.8) is 0 Å². The third-order valence-corrected chi connectivity index (χ3v) is 4.69. The summed E-state index contributed by atoms with van der Waals surface area (Å²) in [6.07, 6.45) is 0. The number of benzene rings is 2. The van der Waals surface area contributed by atoms with Gasteiger partial charge in [0.05, 0.1) is 16.7 Å². The number of nitrogens with one attached hydrogen (secondary N) is 1. The van der Waals surface area contributed by atoms with Crippen LogP contribution in [0.2, 0.25) is 5.02 Å². The van der Waals surface area contributed by atoms with Gasteiger partial charge in [0.1, 0.15) is 0 Å². The number of halogens is 1. The van der Waals surface area contributed by atoms with Gasteiger partial charge in [-0.25, -0.2) is 14.6 Å². The number of aromatic nitrogens is 4. The van der Waals surface area contributed by atoms with Gasteiger partial charge in [0.25, 0.3) is 0 Å². The van der Waals surface area contributed by atoms with E-state index in [4.69, 9.17) is 21.6 Å². The van der Waals surface area contributed by atoms with Crippen LogP contribution in [0.25, 0.3) is 16.9 Å².